The standard InChI is InChI=1S/C14H26N2S/c1-5-9-17-10-8-16-12-14(4,7-3)15-11-13(16)6-2/h1,13,15H,6-12H2,2-4H3. The Kier molecular flexibility index (Phi) is 6.40. The normalized spacial score (nSPS) is 30.1. The maximum atomic E-state index is 5.27. The first-order valence-electron chi connectivity index (χ1n) is 6.65. The molecule has 0 radical (unpaired) electrons. The molecule has 2 unspecified atom stereocenters. The molecule has 3 heteroatoms. The SMILES string of the molecule is C#CCSCCN1CC(C)(CC)NCC1CC. The van der Waals surface area contributed by atoms with Gasteiger partial charge in [-0.05, 0) is 19.8 Å². The molecule has 1 saturated heterocycles. The summed E-state index contributed by atoms with van der Waals surface area (Å²) in [6, 6.07) is 0.695. The summed E-state index contributed by atoms with van der Waals surface area (Å²) in [6.07, 6.45) is 7.69. The topological polar surface area (TPSA) is 15.3 Å². The Bertz CT molecular complexity index is 261. The molecule has 0 saturated carbocycles. The fourth-order valence-electron chi connectivity index (χ4n) is 2.34. The number of rotatable bonds is 6. The summed E-state index contributed by atoms with van der Waals surface area (Å²) in [5, 5.41) is 3.70. The Hall–Kier alpha value is -0.170. The molecule has 2 atom stereocenters. The van der Waals surface area contributed by atoms with Crippen LogP contribution in [0.1, 0.15) is 33.6 Å². The van der Waals surface area contributed by atoms with Crippen molar-refractivity contribution in [1.82, 2.24) is 10.2 Å². The Labute approximate surface area is 111 Å². The lowest BCUT2D eigenvalue weighted by Crippen LogP contribution is -2.62. The number of nitrogens with zero attached hydrogens (tertiary/aromatic N) is 1. The van der Waals surface area contributed by atoms with Crippen molar-refractivity contribution in [3.8, 4) is 12.3 Å². The highest BCUT2D eigenvalue weighted by Gasteiger charge is 2.33. The van der Waals surface area contributed by atoms with E-state index in [2.05, 4.69) is 36.9 Å². The molecule has 1 aliphatic rings. The van der Waals surface area contributed by atoms with Crippen molar-refractivity contribution in [3.05, 3.63) is 0 Å². The van der Waals surface area contributed by atoms with E-state index in [1.807, 2.05) is 11.8 Å². The number of piperazine rings is 1. The molecule has 0 aliphatic carbocycles. The minimum absolute atomic E-state index is 0.294. The largest absolute Gasteiger partial charge is 0.309 e. The van der Waals surface area contributed by atoms with Crippen molar-refractivity contribution in [3.63, 3.8) is 0 Å². The molecule has 1 aliphatic heterocycles. The first-order chi connectivity index (χ1) is 8.15. The Morgan fingerprint density at radius 2 is 2.29 bits per heavy atom. The maximum absolute atomic E-state index is 5.27. The van der Waals surface area contributed by atoms with E-state index in [1.165, 1.54) is 25.9 Å². The quantitative estimate of drug-likeness (QED) is 0.578. The fraction of sp³-hybridized carbons (Fsp3) is 0.857. The van der Waals surface area contributed by atoms with Crippen LogP contribution in [0.3, 0.4) is 0 Å². The van der Waals surface area contributed by atoms with E-state index in [-0.39, 0.29) is 0 Å². The van der Waals surface area contributed by atoms with Gasteiger partial charge in [0.15, 0.2) is 0 Å². The highest BCUT2D eigenvalue weighted by atomic mass is 32.2. The second-order valence-corrected chi connectivity index (χ2v) is 6.19. The minimum Gasteiger partial charge on any atom is -0.309 e. The molecule has 98 valence electrons. The van der Waals surface area contributed by atoms with Gasteiger partial charge in [0.25, 0.3) is 0 Å². The summed E-state index contributed by atoms with van der Waals surface area (Å²) < 4.78 is 0. The Balaban J connectivity index is 2.43. The summed E-state index contributed by atoms with van der Waals surface area (Å²) >= 11 is 1.87. The zero-order valence-electron chi connectivity index (χ0n) is 11.5. The van der Waals surface area contributed by atoms with Gasteiger partial charge < -0.3 is 5.32 Å². The third-order valence-electron chi connectivity index (χ3n) is 3.79. The Morgan fingerprint density at radius 3 is 2.88 bits per heavy atom. The summed E-state index contributed by atoms with van der Waals surface area (Å²) in [5.74, 6) is 4.68. The third kappa shape index (κ3) is 4.54. The van der Waals surface area contributed by atoms with E-state index in [1.54, 1.807) is 0 Å². The minimum atomic E-state index is 0.294. The third-order valence-corrected chi connectivity index (χ3v) is 4.63. The van der Waals surface area contributed by atoms with Crippen LogP contribution in [0.5, 0.6) is 0 Å². The number of hydrogen-bond acceptors (Lipinski definition) is 3. The van der Waals surface area contributed by atoms with Gasteiger partial charge in [-0.3, -0.25) is 4.90 Å². The average Bonchev–Trinajstić information content (AvgIpc) is 2.35. The van der Waals surface area contributed by atoms with Gasteiger partial charge in [0.1, 0.15) is 0 Å². The zero-order valence-corrected chi connectivity index (χ0v) is 12.3. The van der Waals surface area contributed by atoms with Crippen molar-refractivity contribution < 1.29 is 0 Å². The molecule has 0 bridgehead atoms. The van der Waals surface area contributed by atoms with Gasteiger partial charge in [-0.2, -0.15) is 0 Å². The first kappa shape index (κ1) is 14.9. The molecule has 1 N–H and O–H groups in total. The molecule has 0 aromatic carbocycles. The van der Waals surface area contributed by atoms with Crippen molar-refractivity contribution in [2.75, 3.05) is 31.1 Å². The molecule has 2 nitrogen and oxygen atoms in total. The smallest absolute Gasteiger partial charge is 0.0545 e. The lowest BCUT2D eigenvalue weighted by Gasteiger charge is -2.46. The molecule has 0 amide bonds. The molecule has 0 aromatic heterocycles. The molecular formula is C14H26N2S. The van der Waals surface area contributed by atoms with Crippen LogP contribution in [0.15, 0.2) is 0 Å². The second-order valence-electron chi connectivity index (χ2n) is 5.08. The maximum Gasteiger partial charge on any atom is 0.0545 e. The van der Waals surface area contributed by atoms with Crippen LogP contribution in [0.2, 0.25) is 0 Å². The van der Waals surface area contributed by atoms with Crippen LogP contribution in [-0.4, -0.2) is 47.6 Å². The first-order valence-corrected chi connectivity index (χ1v) is 7.81. The molecule has 1 rings (SSSR count). The van der Waals surface area contributed by atoms with Crippen LogP contribution in [0, 0.1) is 12.3 Å². The molecule has 17 heavy (non-hydrogen) atoms. The number of thioether (sulfide) groups is 1. The number of terminal acetylenes is 1. The van der Waals surface area contributed by atoms with Crippen molar-refractivity contribution in [1.29, 1.82) is 0 Å². The van der Waals surface area contributed by atoms with E-state index >= 15 is 0 Å². The molecule has 0 spiro atoms. The van der Waals surface area contributed by atoms with Crippen LogP contribution in [0.4, 0.5) is 0 Å². The molecule has 1 heterocycles. The van der Waals surface area contributed by atoms with Crippen molar-refractivity contribution in [2.24, 2.45) is 0 Å². The molecular weight excluding hydrogens is 228 g/mol. The van der Waals surface area contributed by atoms with Gasteiger partial charge in [0, 0.05) is 37.0 Å². The average molecular weight is 254 g/mol. The van der Waals surface area contributed by atoms with Crippen LogP contribution in [0.25, 0.3) is 0 Å². The van der Waals surface area contributed by atoms with Crippen LogP contribution < -0.4 is 5.32 Å². The zero-order chi connectivity index (χ0) is 12.7. The lowest BCUT2D eigenvalue weighted by atomic mass is 9.93. The van der Waals surface area contributed by atoms with E-state index in [0.717, 1.165) is 18.1 Å². The summed E-state index contributed by atoms with van der Waals surface area (Å²) in [4.78, 5) is 2.64. The highest BCUT2D eigenvalue weighted by molar-refractivity contribution is 7.99. The van der Waals surface area contributed by atoms with E-state index < -0.39 is 0 Å². The number of nitrogens with one attached hydrogen (secondary N) is 1. The van der Waals surface area contributed by atoms with E-state index in [4.69, 9.17) is 6.42 Å². The predicted molar refractivity (Wildman–Crippen MR) is 78.5 cm³/mol. The van der Waals surface area contributed by atoms with Gasteiger partial charge in [-0.25, -0.2) is 0 Å². The lowest BCUT2D eigenvalue weighted by molar-refractivity contribution is 0.0884. The second kappa shape index (κ2) is 7.31. The van der Waals surface area contributed by atoms with Crippen LogP contribution >= 0.6 is 11.8 Å². The van der Waals surface area contributed by atoms with Gasteiger partial charge in [0.2, 0.25) is 0 Å². The van der Waals surface area contributed by atoms with Gasteiger partial charge >= 0.3 is 0 Å². The van der Waals surface area contributed by atoms with E-state index in [0.29, 0.717) is 11.6 Å². The van der Waals surface area contributed by atoms with Gasteiger partial charge in [-0.15, -0.1) is 18.2 Å². The molecule has 1 fully saturated rings. The Morgan fingerprint density at radius 1 is 1.53 bits per heavy atom. The van der Waals surface area contributed by atoms with Gasteiger partial charge in [0.05, 0.1) is 5.75 Å². The monoisotopic (exact) mass is 254 g/mol. The molecule has 0 aromatic rings. The van der Waals surface area contributed by atoms with Crippen molar-refractivity contribution >= 4 is 11.8 Å². The summed E-state index contributed by atoms with van der Waals surface area (Å²) in [5.41, 5.74) is 0.294. The number of hydrogen-bond donors (Lipinski definition) is 1. The van der Waals surface area contributed by atoms with E-state index in [9.17, 15) is 0 Å². The fourth-order valence-corrected chi connectivity index (χ4v) is 2.97. The van der Waals surface area contributed by atoms with Crippen LogP contribution in [-0.2, 0) is 0 Å². The summed E-state index contributed by atoms with van der Waals surface area (Å²) in [7, 11) is 0. The highest BCUT2D eigenvalue weighted by Crippen LogP contribution is 2.20. The predicted octanol–water partition coefficient (Wildman–Crippen LogP) is 2.21. The summed E-state index contributed by atoms with van der Waals surface area (Å²) in [6.45, 7) is 10.3. The van der Waals surface area contributed by atoms with Crippen molar-refractivity contribution in [2.45, 2.75) is 45.2 Å². The van der Waals surface area contributed by atoms with Gasteiger partial charge in [-0.1, -0.05) is 19.8 Å².